The largest absolute Gasteiger partial charge is 0.383 e. The van der Waals surface area contributed by atoms with Crippen molar-refractivity contribution in [2.75, 3.05) is 17.6 Å². The number of nitrogen functional groups attached to an aromatic ring is 1. The van der Waals surface area contributed by atoms with Crippen molar-refractivity contribution in [3.8, 4) is 17.2 Å². The molecule has 1 amide bonds. The quantitative estimate of drug-likeness (QED) is 0.281. The van der Waals surface area contributed by atoms with Gasteiger partial charge in [0.05, 0.1) is 10.2 Å². The number of hydrogen-bond donors (Lipinski definition) is 3. The second-order valence-electron chi connectivity index (χ2n) is 8.11. The Bertz CT molecular complexity index is 1400. The Kier molecular flexibility index (Phi) is 6.62. The minimum absolute atomic E-state index is 0.0947. The second-order valence-corrected chi connectivity index (χ2v) is 9.13. The highest BCUT2D eigenvalue weighted by atomic mass is 32.1. The Morgan fingerprint density at radius 3 is 2.53 bits per heavy atom. The van der Waals surface area contributed by atoms with Crippen LogP contribution in [0.15, 0.2) is 67.3 Å². The summed E-state index contributed by atoms with van der Waals surface area (Å²) in [6.45, 7) is 8.28. The standard InChI is InChI=1S/C27H25N5OS/c1-4-14-30-26(33)22-23-24(34-27(22)31-19-12-10-17(11-13-19)16(2)3)21(18-8-6-5-7-9-18)20(15-28)25(29)32-23/h4-13,16,31H,1,14H2,2-3H3,(H2,29,32)(H,30,33). The maximum atomic E-state index is 13.2. The Morgan fingerprint density at radius 1 is 1.21 bits per heavy atom. The van der Waals surface area contributed by atoms with Gasteiger partial charge in [-0.3, -0.25) is 4.79 Å². The van der Waals surface area contributed by atoms with E-state index >= 15 is 0 Å². The zero-order valence-corrected chi connectivity index (χ0v) is 19.9. The van der Waals surface area contributed by atoms with Crippen molar-refractivity contribution in [1.29, 1.82) is 5.26 Å². The predicted octanol–water partition coefficient (Wildman–Crippen LogP) is 6.20. The maximum Gasteiger partial charge on any atom is 0.256 e. The molecule has 4 N–H and O–H groups in total. The molecule has 0 saturated heterocycles. The summed E-state index contributed by atoms with van der Waals surface area (Å²) in [6.07, 6.45) is 1.62. The minimum atomic E-state index is -0.289. The number of fused-ring (bicyclic) bond motifs is 1. The molecule has 0 spiro atoms. The van der Waals surface area contributed by atoms with E-state index in [0.29, 0.717) is 39.7 Å². The van der Waals surface area contributed by atoms with E-state index in [9.17, 15) is 10.1 Å². The van der Waals surface area contributed by atoms with Crippen LogP contribution in [0.5, 0.6) is 0 Å². The van der Waals surface area contributed by atoms with Gasteiger partial charge in [-0.25, -0.2) is 4.98 Å². The Morgan fingerprint density at radius 2 is 1.91 bits per heavy atom. The SMILES string of the molecule is C=CCNC(=O)c1c(Nc2ccc(C(C)C)cc2)sc2c(-c3ccccc3)c(C#N)c(N)nc12. The first kappa shape index (κ1) is 23.0. The molecule has 4 rings (SSSR count). The lowest BCUT2D eigenvalue weighted by Crippen LogP contribution is -2.23. The number of benzene rings is 2. The van der Waals surface area contributed by atoms with Crippen LogP contribution in [0.1, 0.15) is 41.3 Å². The van der Waals surface area contributed by atoms with E-state index in [1.807, 2.05) is 42.5 Å². The van der Waals surface area contributed by atoms with Crippen molar-refractivity contribution in [1.82, 2.24) is 10.3 Å². The second kappa shape index (κ2) is 9.77. The molecule has 2 heterocycles. The van der Waals surface area contributed by atoms with Crippen molar-refractivity contribution in [3.63, 3.8) is 0 Å². The number of hydrogen-bond acceptors (Lipinski definition) is 6. The first-order valence-electron chi connectivity index (χ1n) is 10.9. The molecule has 4 aromatic rings. The van der Waals surface area contributed by atoms with Gasteiger partial charge in [0.25, 0.3) is 5.91 Å². The van der Waals surface area contributed by atoms with Gasteiger partial charge in [-0.05, 0) is 29.2 Å². The monoisotopic (exact) mass is 467 g/mol. The molecule has 170 valence electrons. The third-order valence-corrected chi connectivity index (χ3v) is 6.60. The highest BCUT2D eigenvalue weighted by Crippen LogP contribution is 2.44. The minimum Gasteiger partial charge on any atom is -0.383 e. The Hall–Kier alpha value is -4.15. The molecule has 2 aromatic heterocycles. The van der Waals surface area contributed by atoms with Gasteiger partial charge in [-0.2, -0.15) is 5.26 Å². The summed E-state index contributed by atoms with van der Waals surface area (Å²) in [7, 11) is 0. The maximum absolute atomic E-state index is 13.2. The van der Waals surface area contributed by atoms with Gasteiger partial charge in [0.15, 0.2) is 0 Å². The first-order valence-corrected chi connectivity index (χ1v) is 11.7. The number of amides is 1. The molecule has 0 radical (unpaired) electrons. The Labute approximate surface area is 202 Å². The number of carbonyl (C=O) groups excluding carboxylic acids is 1. The zero-order chi connectivity index (χ0) is 24.2. The van der Waals surface area contributed by atoms with E-state index in [0.717, 1.165) is 16.0 Å². The van der Waals surface area contributed by atoms with Gasteiger partial charge in [0.2, 0.25) is 0 Å². The molecule has 0 fully saturated rings. The van der Waals surface area contributed by atoms with E-state index in [1.54, 1.807) is 6.08 Å². The molecule has 0 saturated carbocycles. The summed E-state index contributed by atoms with van der Waals surface area (Å²) in [5, 5.41) is 16.7. The molecular weight excluding hydrogens is 442 g/mol. The molecular formula is C27H25N5OS. The number of thiophene rings is 1. The summed E-state index contributed by atoms with van der Waals surface area (Å²) in [4.78, 5) is 17.7. The molecule has 0 bridgehead atoms. The molecule has 0 aliphatic heterocycles. The van der Waals surface area contributed by atoms with Crippen LogP contribution in [0, 0.1) is 11.3 Å². The molecule has 34 heavy (non-hydrogen) atoms. The van der Waals surface area contributed by atoms with Crippen LogP contribution in [0.25, 0.3) is 21.3 Å². The van der Waals surface area contributed by atoms with Crippen LogP contribution in [-0.2, 0) is 0 Å². The number of anilines is 3. The third kappa shape index (κ3) is 4.36. The molecule has 7 heteroatoms. The summed E-state index contributed by atoms with van der Waals surface area (Å²) < 4.78 is 0.724. The third-order valence-electron chi connectivity index (χ3n) is 5.49. The number of pyridine rings is 1. The van der Waals surface area contributed by atoms with Gasteiger partial charge in [-0.15, -0.1) is 17.9 Å². The average molecular weight is 468 g/mol. The molecule has 0 unspecified atom stereocenters. The summed E-state index contributed by atoms with van der Waals surface area (Å²) in [5.41, 5.74) is 11.0. The van der Waals surface area contributed by atoms with E-state index in [1.165, 1.54) is 16.9 Å². The van der Waals surface area contributed by atoms with E-state index < -0.39 is 0 Å². The molecule has 0 aliphatic carbocycles. The summed E-state index contributed by atoms with van der Waals surface area (Å²) in [6, 6.07) is 19.9. The lowest BCUT2D eigenvalue weighted by atomic mass is 10.00. The fourth-order valence-corrected chi connectivity index (χ4v) is 4.98. The molecule has 2 aromatic carbocycles. The fourth-order valence-electron chi connectivity index (χ4n) is 3.74. The number of nitrogens with two attached hydrogens (primary N) is 1. The van der Waals surface area contributed by atoms with E-state index in [2.05, 4.69) is 54.2 Å². The van der Waals surface area contributed by atoms with Crippen LogP contribution in [0.2, 0.25) is 0 Å². The summed E-state index contributed by atoms with van der Waals surface area (Å²) in [5.74, 6) is 0.226. The van der Waals surface area contributed by atoms with Gasteiger partial charge < -0.3 is 16.4 Å². The average Bonchev–Trinajstić information content (AvgIpc) is 3.19. The summed E-state index contributed by atoms with van der Waals surface area (Å²) >= 11 is 1.38. The topological polar surface area (TPSA) is 104 Å². The van der Waals surface area contributed by atoms with Crippen molar-refractivity contribution >= 4 is 44.0 Å². The number of rotatable bonds is 7. The number of aromatic nitrogens is 1. The highest BCUT2D eigenvalue weighted by molar-refractivity contribution is 7.24. The number of nitriles is 1. The lowest BCUT2D eigenvalue weighted by molar-refractivity contribution is 0.0960. The van der Waals surface area contributed by atoms with Gasteiger partial charge in [0.1, 0.15) is 28.0 Å². The lowest BCUT2D eigenvalue weighted by Gasteiger charge is -2.10. The number of nitrogens with zero attached hydrogens (tertiary/aromatic N) is 2. The van der Waals surface area contributed by atoms with Crippen LogP contribution in [-0.4, -0.2) is 17.4 Å². The van der Waals surface area contributed by atoms with Crippen molar-refractivity contribution < 1.29 is 4.79 Å². The zero-order valence-electron chi connectivity index (χ0n) is 19.1. The normalized spacial score (nSPS) is 10.8. The van der Waals surface area contributed by atoms with Crippen LogP contribution >= 0.6 is 11.3 Å². The Balaban J connectivity index is 1.94. The van der Waals surface area contributed by atoms with E-state index in [4.69, 9.17) is 5.73 Å². The predicted molar refractivity (Wildman–Crippen MR) is 141 cm³/mol. The van der Waals surface area contributed by atoms with Crippen LogP contribution < -0.4 is 16.4 Å². The fraction of sp³-hybridized carbons (Fsp3) is 0.148. The number of nitrogens with one attached hydrogen (secondary N) is 2. The first-order chi connectivity index (χ1) is 16.4. The van der Waals surface area contributed by atoms with Crippen molar-refractivity contribution in [2.45, 2.75) is 19.8 Å². The van der Waals surface area contributed by atoms with Gasteiger partial charge >= 0.3 is 0 Å². The molecule has 0 aliphatic rings. The smallest absolute Gasteiger partial charge is 0.256 e. The molecule has 6 nitrogen and oxygen atoms in total. The van der Waals surface area contributed by atoms with Crippen LogP contribution in [0.4, 0.5) is 16.5 Å². The van der Waals surface area contributed by atoms with Crippen molar-refractivity contribution in [2.24, 2.45) is 0 Å². The van der Waals surface area contributed by atoms with Crippen molar-refractivity contribution in [3.05, 3.63) is 83.9 Å². The van der Waals surface area contributed by atoms with Gasteiger partial charge in [0, 0.05) is 17.8 Å². The van der Waals surface area contributed by atoms with Crippen LogP contribution in [0.3, 0.4) is 0 Å². The van der Waals surface area contributed by atoms with Gasteiger partial charge in [-0.1, -0.05) is 62.4 Å². The highest BCUT2D eigenvalue weighted by Gasteiger charge is 2.26. The van der Waals surface area contributed by atoms with E-state index in [-0.39, 0.29) is 11.7 Å². The number of carbonyl (C=O) groups is 1. The molecule has 0 atom stereocenters.